The van der Waals surface area contributed by atoms with Crippen molar-refractivity contribution in [3.63, 3.8) is 0 Å². The summed E-state index contributed by atoms with van der Waals surface area (Å²) < 4.78 is 8.70. The predicted molar refractivity (Wildman–Crippen MR) is 210 cm³/mol. The highest BCUT2D eigenvalue weighted by molar-refractivity contribution is 6.71. The largest absolute Gasteiger partial charge is 0.432 e. The van der Waals surface area contributed by atoms with Gasteiger partial charge in [-0.15, -0.1) is 5.10 Å². The zero-order valence-corrected chi connectivity index (χ0v) is 32.7. The maximum absolute atomic E-state index is 14.9. The normalized spacial score (nSPS) is 25.1. The monoisotopic (exact) mass is 769 g/mol. The molecule has 54 heavy (non-hydrogen) atoms. The van der Waals surface area contributed by atoms with Crippen LogP contribution in [0.4, 0.5) is 17.1 Å². The first-order valence-electron chi connectivity index (χ1n) is 18.9. The number of anilines is 3. The number of benzene rings is 3. The van der Waals surface area contributed by atoms with Gasteiger partial charge in [-0.05, 0) is 93.5 Å². The highest BCUT2D eigenvalue weighted by Gasteiger charge is 2.66. The van der Waals surface area contributed by atoms with Gasteiger partial charge in [0.05, 0.1) is 30.7 Å². The van der Waals surface area contributed by atoms with Crippen LogP contribution in [0.1, 0.15) is 43.0 Å². The van der Waals surface area contributed by atoms with Gasteiger partial charge in [-0.25, -0.2) is 0 Å². The molecule has 12 nitrogen and oxygen atoms in total. The molecule has 8 rings (SSSR count). The summed E-state index contributed by atoms with van der Waals surface area (Å²) in [6.45, 7) is 8.66. The van der Waals surface area contributed by atoms with Gasteiger partial charge in [-0.2, -0.15) is 0 Å². The molecule has 4 aliphatic heterocycles. The third-order valence-corrected chi connectivity index (χ3v) is 14.8. The average Bonchev–Trinajstić information content (AvgIpc) is 3.88. The van der Waals surface area contributed by atoms with Crippen molar-refractivity contribution >= 4 is 48.8 Å². The summed E-state index contributed by atoms with van der Waals surface area (Å²) in [5, 5.41) is 21.6. The van der Waals surface area contributed by atoms with Gasteiger partial charge in [0.1, 0.15) is 5.54 Å². The number of nitrogens with one attached hydrogen (secondary N) is 1. The molecular weight excluding hydrogens is 722 g/mol. The Balaban J connectivity index is 1.06. The minimum absolute atomic E-state index is 0.00803. The predicted octanol–water partition coefficient (Wildman–Crippen LogP) is 4.83. The van der Waals surface area contributed by atoms with Crippen molar-refractivity contribution in [3.05, 3.63) is 101 Å². The molecular formula is C40H48ClN7O5Si. The first-order valence-corrected chi connectivity index (χ1v) is 22.3. The first kappa shape index (κ1) is 36.8. The SMILES string of the molecule is C[C@H]1[C@H]([Si](C)(C)O)[C@@H](CCn2cc(CCO)nn2)O[C@]12C(=O)N(Cc1ccc(N3CN(c4ccccc4)C4(CCNCC4)C3=O)cc1)c1ccc(Cl)cc12. The van der Waals surface area contributed by atoms with Crippen LogP contribution in [0.5, 0.6) is 0 Å². The molecule has 284 valence electrons. The lowest BCUT2D eigenvalue weighted by atomic mass is 9.82. The van der Waals surface area contributed by atoms with Crippen LogP contribution < -0.4 is 20.0 Å². The number of carbonyl (C=O) groups is 2. The van der Waals surface area contributed by atoms with Crippen LogP contribution in [0.2, 0.25) is 23.7 Å². The summed E-state index contributed by atoms with van der Waals surface area (Å²) >= 11 is 6.61. The molecule has 1 aromatic heterocycles. The Hall–Kier alpha value is -4.11. The van der Waals surface area contributed by atoms with Gasteiger partial charge in [-0.1, -0.05) is 54.1 Å². The van der Waals surface area contributed by atoms with E-state index in [0.29, 0.717) is 43.3 Å². The second-order valence-electron chi connectivity index (χ2n) is 15.7. The Morgan fingerprint density at radius 1 is 1.00 bits per heavy atom. The van der Waals surface area contributed by atoms with Crippen LogP contribution in [0.3, 0.4) is 0 Å². The van der Waals surface area contributed by atoms with Crippen molar-refractivity contribution in [1.82, 2.24) is 20.3 Å². The number of hydrogen-bond donors (Lipinski definition) is 3. The molecule has 4 aromatic rings. The lowest BCUT2D eigenvalue weighted by Crippen LogP contribution is -2.55. The zero-order valence-electron chi connectivity index (χ0n) is 31.0. The van der Waals surface area contributed by atoms with E-state index in [1.165, 1.54) is 0 Å². The lowest BCUT2D eigenvalue weighted by molar-refractivity contribution is -0.146. The fraction of sp³-hybridized carbons (Fsp3) is 0.450. The van der Waals surface area contributed by atoms with Gasteiger partial charge >= 0.3 is 0 Å². The van der Waals surface area contributed by atoms with Gasteiger partial charge < -0.3 is 29.8 Å². The van der Waals surface area contributed by atoms with E-state index in [2.05, 4.69) is 32.7 Å². The maximum Gasteiger partial charge on any atom is 0.264 e. The number of amides is 2. The molecule has 3 N–H and O–H groups in total. The number of nitrogens with zero attached hydrogens (tertiary/aromatic N) is 6. The number of ether oxygens (including phenoxy) is 1. The Morgan fingerprint density at radius 3 is 2.44 bits per heavy atom. The number of aromatic nitrogens is 3. The lowest BCUT2D eigenvalue weighted by Gasteiger charge is -2.39. The fourth-order valence-electron chi connectivity index (χ4n) is 9.54. The van der Waals surface area contributed by atoms with Gasteiger partial charge in [0, 0.05) is 59.2 Å². The van der Waals surface area contributed by atoms with E-state index in [9.17, 15) is 19.5 Å². The van der Waals surface area contributed by atoms with E-state index >= 15 is 0 Å². The third kappa shape index (κ3) is 6.15. The second kappa shape index (κ2) is 14.2. The quantitative estimate of drug-likeness (QED) is 0.194. The summed E-state index contributed by atoms with van der Waals surface area (Å²) in [6, 6.07) is 23.6. The number of aliphatic hydroxyl groups is 1. The zero-order chi connectivity index (χ0) is 37.8. The molecule has 0 saturated carbocycles. The van der Waals surface area contributed by atoms with Crippen LogP contribution in [0.15, 0.2) is 79.0 Å². The Morgan fingerprint density at radius 2 is 1.74 bits per heavy atom. The second-order valence-corrected chi connectivity index (χ2v) is 20.1. The average molecular weight is 770 g/mol. The smallest absolute Gasteiger partial charge is 0.264 e. The van der Waals surface area contributed by atoms with Gasteiger partial charge in [0.25, 0.3) is 11.8 Å². The van der Waals surface area contributed by atoms with Crippen LogP contribution in [0.25, 0.3) is 0 Å². The highest BCUT2D eigenvalue weighted by atomic mass is 35.5. The molecule has 4 atom stereocenters. The van der Waals surface area contributed by atoms with Crippen molar-refractivity contribution in [3.8, 4) is 0 Å². The van der Waals surface area contributed by atoms with E-state index in [1.54, 1.807) is 15.6 Å². The Bertz CT molecular complexity index is 2020. The molecule has 0 aliphatic carbocycles. The number of para-hydroxylation sites is 1. The third-order valence-electron chi connectivity index (χ3n) is 12.1. The summed E-state index contributed by atoms with van der Waals surface area (Å²) in [7, 11) is -2.86. The van der Waals surface area contributed by atoms with Crippen molar-refractivity contribution in [2.45, 2.75) is 81.6 Å². The standard InChI is InChI=1S/C40H48ClN7O5Si/c1-27-36(54(2,3)52)35(15-21-45-25-30(16-22-49)43-44-45)53-40(27)33-23-29(41)11-14-34(33)46(38(40)51)24-28-9-12-31(13-10-28)47-26-48(32-7-5-4-6-8-32)39(37(47)50)17-19-42-20-18-39/h4-14,23,25,27,35-36,42,49,52H,15-22,24,26H2,1-3H3/t27-,35+,36-,40+/m0/s1. The molecule has 14 heteroatoms. The molecule has 0 radical (unpaired) electrons. The Kier molecular flexibility index (Phi) is 9.68. The van der Waals surface area contributed by atoms with E-state index in [4.69, 9.17) is 16.3 Å². The van der Waals surface area contributed by atoms with E-state index in [1.807, 2.05) is 85.7 Å². The van der Waals surface area contributed by atoms with Gasteiger partial charge in [0.2, 0.25) is 0 Å². The van der Waals surface area contributed by atoms with Crippen LogP contribution in [0, 0.1) is 5.92 Å². The number of aliphatic hydroxyl groups excluding tert-OH is 1. The molecule has 2 amide bonds. The van der Waals surface area contributed by atoms with Crippen LogP contribution in [-0.2, 0) is 39.4 Å². The molecule has 5 heterocycles. The van der Waals surface area contributed by atoms with Gasteiger partial charge in [0.15, 0.2) is 13.9 Å². The number of hydrogen-bond acceptors (Lipinski definition) is 9. The molecule has 3 aromatic carbocycles. The topological polar surface area (TPSA) is 136 Å². The number of carbonyl (C=O) groups excluding carboxylic acids is 2. The minimum atomic E-state index is -2.86. The molecule has 3 fully saturated rings. The van der Waals surface area contributed by atoms with Crippen LogP contribution >= 0.6 is 11.6 Å². The molecule has 0 bridgehead atoms. The number of fused-ring (bicyclic) bond motifs is 2. The summed E-state index contributed by atoms with van der Waals surface area (Å²) in [6.07, 6.45) is 3.82. The summed E-state index contributed by atoms with van der Waals surface area (Å²) in [4.78, 5) is 46.8. The molecule has 4 aliphatic rings. The van der Waals surface area contributed by atoms with Crippen molar-refractivity contribution < 1.29 is 24.2 Å². The molecule has 3 saturated heterocycles. The minimum Gasteiger partial charge on any atom is -0.432 e. The number of aryl methyl sites for hydroxylation is 1. The summed E-state index contributed by atoms with van der Waals surface area (Å²) in [5.74, 6) is -0.388. The van der Waals surface area contributed by atoms with Crippen molar-refractivity contribution in [2.75, 3.05) is 41.1 Å². The first-order chi connectivity index (χ1) is 26.0. The van der Waals surface area contributed by atoms with Crippen molar-refractivity contribution in [1.29, 1.82) is 0 Å². The number of rotatable bonds is 10. The molecule has 0 unspecified atom stereocenters. The van der Waals surface area contributed by atoms with E-state index < -0.39 is 25.6 Å². The van der Waals surface area contributed by atoms with Crippen molar-refractivity contribution in [2.24, 2.45) is 5.92 Å². The molecule has 2 spiro atoms. The number of halogens is 1. The van der Waals surface area contributed by atoms with E-state index in [-0.39, 0.29) is 29.9 Å². The van der Waals surface area contributed by atoms with E-state index in [0.717, 1.165) is 54.1 Å². The van der Waals surface area contributed by atoms with Gasteiger partial charge in [-0.3, -0.25) is 19.2 Å². The highest BCUT2D eigenvalue weighted by Crippen LogP contribution is 2.60. The van der Waals surface area contributed by atoms with Crippen LogP contribution in [-0.4, -0.2) is 83.0 Å². The Labute approximate surface area is 321 Å². The summed E-state index contributed by atoms with van der Waals surface area (Å²) in [5.41, 5.74) is 2.77. The maximum atomic E-state index is 14.9. The number of piperidine rings is 1. The fourth-order valence-corrected chi connectivity index (χ4v) is 12.3.